The van der Waals surface area contributed by atoms with Crippen molar-refractivity contribution in [3.8, 4) is 0 Å². The molecule has 0 aromatic carbocycles. The molecule has 0 aliphatic rings. The SMILES string of the molecule is C=C(C)C[C@@H](C(=O)OC(C)(C)C)[C@@H](O)C(=O)OC. The summed E-state index contributed by atoms with van der Waals surface area (Å²) in [6.45, 7) is 10.5. The third-order valence-electron chi connectivity index (χ3n) is 2.10. The Morgan fingerprint density at radius 1 is 1.28 bits per heavy atom. The zero-order valence-corrected chi connectivity index (χ0v) is 11.6. The van der Waals surface area contributed by atoms with Gasteiger partial charge in [0.05, 0.1) is 13.0 Å². The molecule has 0 radical (unpaired) electrons. The van der Waals surface area contributed by atoms with Gasteiger partial charge in [-0.05, 0) is 34.1 Å². The molecule has 2 atom stereocenters. The van der Waals surface area contributed by atoms with Crippen LogP contribution in [-0.2, 0) is 19.1 Å². The van der Waals surface area contributed by atoms with Crippen LogP contribution in [0.15, 0.2) is 12.2 Å². The number of hydrogen-bond acceptors (Lipinski definition) is 5. The molecule has 0 aromatic heterocycles. The Balaban J connectivity index is 4.93. The molecule has 0 aliphatic heterocycles. The van der Waals surface area contributed by atoms with Crippen molar-refractivity contribution in [3.63, 3.8) is 0 Å². The van der Waals surface area contributed by atoms with Crippen molar-refractivity contribution in [2.75, 3.05) is 7.11 Å². The summed E-state index contributed by atoms with van der Waals surface area (Å²) in [5.41, 5.74) is -0.00548. The summed E-state index contributed by atoms with van der Waals surface area (Å²) in [6, 6.07) is 0. The molecule has 0 aliphatic carbocycles. The van der Waals surface area contributed by atoms with Crippen LogP contribution in [0.1, 0.15) is 34.1 Å². The van der Waals surface area contributed by atoms with Crippen molar-refractivity contribution in [2.45, 2.75) is 45.8 Å². The second-order valence-corrected chi connectivity index (χ2v) is 5.27. The van der Waals surface area contributed by atoms with E-state index in [0.717, 1.165) is 7.11 Å². The number of aliphatic hydroxyl groups is 1. The molecular formula is C13H22O5. The fourth-order valence-corrected chi connectivity index (χ4v) is 1.36. The highest BCUT2D eigenvalue weighted by Gasteiger charge is 2.35. The molecule has 0 aromatic rings. The molecule has 104 valence electrons. The van der Waals surface area contributed by atoms with E-state index in [9.17, 15) is 14.7 Å². The summed E-state index contributed by atoms with van der Waals surface area (Å²) in [5, 5.41) is 9.78. The summed E-state index contributed by atoms with van der Waals surface area (Å²) in [6.07, 6.45) is -1.37. The van der Waals surface area contributed by atoms with Gasteiger partial charge in [-0.1, -0.05) is 5.57 Å². The number of rotatable bonds is 5. The second kappa shape index (κ2) is 6.54. The smallest absolute Gasteiger partial charge is 0.335 e. The predicted molar refractivity (Wildman–Crippen MR) is 66.8 cm³/mol. The van der Waals surface area contributed by atoms with Crippen molar-refractivity contribution in [3.05, 3.63) is 12.2 Å². The molecule has 1 N–H and O–H groups in total. The Morgan fingerprint density at radius 2 is 1.78 bits per heavy atom. The van der Waals surface area contributed by atoms with Crippen molar-refractivity contribution < 1.29 is 24.2 Å². The first-order valence-corrected chi connectivity index (χ1v) is 5.71. The van der Waals surface area contributed by atoms with Crippen LogP contribution in [0.5, 0.6) is 0 Å². The number of aliphatic hydroxyl groups excluding tert-OH is 1. The molecule has 0 unspecified atom stereocenters. The number of allylic oxidation sites excluding steroid dienone is 1. The Bertz CT molecular complexity index is 327. The topological polar surface area (TPSA) is 72.8 Å². The lowest BCUT2D eigenvalue weighted by Crippen LogP contribution is -2.39. The van der Waals surface area contributed by atoms with Gasteiger partial charge >= 0.3 is 11.9 Å². The Hall–Kier alpha value is -1.36. The first-order valence-electron chi connectivity index (χ1n) is 5.71. The first kappa shape index (κ1) is 16.6. The molecule has 5 nitrogen and oxygen atoms in total. The highest BCUT2D eigenvalue weighted by atomic mass is 16.6. The van der Waals surface area contributed by atoms with Crippen LogP contribution in [0.25, 0.3) is 0 Å². The van der Waals surface area contributed by atoms with Gasteiger partial charge in [-0.3, -0.25) is 4.79 Å². The molecule has 0 heterocycles. The minimum Gasteiger partial charge on any atom is -0.467 e. The van der Waals surface area contributed by atoms with Crippen LogP contribution in [0, 0.1) is 5.92 Å². The molecule has 0 rings (SSSR count). The average Bonchev–Trinajstić information content (AvgIpc) is 2.20. The normalized spacial score (nSPS) is 14.6. The Kier molecular flexibility index (Phi) is 6.05. The number of methoxy groups -OCH3 is 1. The highest BCUT2D eigenvalue weighted by Crippen LogP contribution is 2.20. The lowest BCUT2D eigenvalue weighted by atomic mass is 9.95. The zero-order valence-electron chi connectivity index (χ0n) is 11.6. The molecule has 0 saturated heterocycles. The van der Waals surface area contributed by atoms with Crippen LogP contribution in [-0.4, -0.2) is 35.9 Å². The van der Waals surface area contributed by atoms with Crippen molar-refractivity contribution in [1.29, 1.82) is 0 Å². The van der Waals surface area contributed by atoms with Crippen molar-refractivity contribution >= 4 is 11.9 Å². The summed E-state index contributed by atoms with van der Waals surface area (Å²) in [5.74, 6) is -2.48. The minimum atomic E-state index is -1.54. The van der Waals surface area contributed by atoms with E-state index in [1.54, 1.807) is 27.7 Å². The standard InChI is InChI=1S/C13H22O5/c1-8(2)7-9(10(14)12(16)17-6)11(15)18-13(3,4)5/h9-10,14H,1,7H2,2-6H3/t9-,10-/m1/s1. The van der Waals surface area contributed by atoms with E-state index in [4.69, 9.17) is 4.74 Å². The number of esters is 2. The van der Waals surface area contributed by atoms with Crippen molar-refractivity contribution in [1.82, 2.24) is 0 Å². The molecule has 0 bridgehead atoms. The van der Waals surface area contributed by atoms with E-state index in [-0.39, 0.29) is 6.42 Å². The van der Waals surface area contributed by atoms with Gasteiger partial charge in [0.1, 0.15) is 5.60 Å². The van der Waals surface area contributed by atoms with Gasteiger partial charge in [0, 0.05) is 0 Å². The van der Waals surface area contributed by atoms with Gasteiger partial charge in [0.2, 0.25) is 0 Å². The lowest BCUT2D eigenvalue weighted by Gasteiger charge is -2.25. The molecule has 18 heavy (non-hydrogen) atoms. The maximum atomic E-state index is 11.9. The van der Waals surface area contributed by atoms with E-state index in [0.29, 0.717) is 5.57 Å². The second-order valence-electron chi connectivity index (χ2n) is 5.27. The Morgan fingerprint density at radius 3 is 2.11 bits per heavy atom. The number of hydrogen-bond donors (Lipinski definition) is 1. The van der Waals surface area contributed by atoms with E-state index >= 15 is 0 Å². The minimum absolute atomic E-state index is 0.172. The average molecular weight is 258 g/mol. The Labute approximate surface area is 108 Å². The van der Waals surface area contributed by atoms with Gasteiger partial charge in [0.25, 0.3) is 0 Å². The summed E-state index contributed by atoms with van der Waals surface area (Å²) in [7, 11) is 1.15. The quantitative estimate of drug-likeness (QED) is 0.596. The van der Waals surface area contributed by atoms with E-state index in [2.05, 4.69) is 11.3 Å². The largest absolute Gasteiger partial charge is 0.467 e. The third-order valence-corrected chi connectivity index (χ3v) is 2.10. The highest BCUT2D eigenvalue weighted by molar-refractivity contribution is 5.84. The van der Waals surface area contributed by atoms with E-state index in [1.165, 1.54) is 0 Å². The molecular weight excluding hydrogens is 236 g/mol. The van der Waals surface area contributed by atoms with Gasteiger partial charge < -0.3 is 14.6 Å². The summed E-state index contributed by atoms with van der Waals surface area (Å²) < 4.78 is 9.60. The lowest BCUT2D eigenvalue weighted by molar-refractivity contribution is -0.171. The monoisotopic (exact) mass is 258 g/mol. The van der Waals surface area contributed by atoms with Crippen LogP contribution >= 0.6 is 0 Å². The van der Waals surface area contributed by atoms with E-state index < -0.39 is 29.6 Å². The van der Waals surface area contributed by atoms with Crippen molar-refractivity contribution in [2.24, 2.45) is 5.92 Å². The van der Waals surface area contributed by atoms with Crippen LogP contribution in [0.4, 0.5) is 0 Å². The summed E-state index contributed by atoms with van der Waals surface area (Å²) in [4.78, 5) is 23.2. The van der Waals surface area contributed by atoms with Crippen LogP contribution in [0.2, 0.25) is 0 Å². The molecule has 0 fully saturated rings. The fourth-order valence-electron chi connectivity index (χ4n) is 1.36. The van der Waals surface area contributed by atoms with E-state index in [1.807, 2.05) is 0 Å². The number of carbonyl (C=O) groups excluding carboxylic acids is 2. The van der Waals surface area contributed by atoms with Gasteiger partial charge in [-0.25, -0.2) is 4.79 Å². The van der Waals surface area contributed by atoms with Crippen LogP contribution in [0.3, 0.4) is 0 Å². The molecule has 0 saturated carbocycles. The maximum absolute atomic E-state index is 11.9. The predicted octanol–water partition coefficient (Wildman–Crippen LogP) is 1.44. The van der Waals surface area contributed by atoms with Gasteiger partial charge in [-0.2, -0.15) is 0 Å². The number of ether oxygens (including phenoxy) is 2. The zero-order chi connectivity index (χ0) is 14.5. The first-order chi connectivity index (χ1) is 8.08. The molecule has 0 amide bonds. The third kappa shape index (κ3) is 5.82. The summed E-state index contributed by atoms with van der Waals surface area (Å²) >= 11 is 0. The molecule has 5 heteroatoms. The number of carbonyl (C=O) groups is 2. The maximum Gasteiger partial charge on any atom is 0.335 e. The van der Waals surface area contributed by atoms with Gasteiger partial charge in [0.15, 0.2) is 6.10 Å². The fraction of sp³-hybridized carbons (Fsp3) is 0.692. The van der Waals surface area contributed by atoms with Crippen LogP contribution < -0.4 is 0 Å². The molecule has 0 spiro atoms. The van der Waals surface area contributed by atoms with Gasteiger partial charge in [-0.15, -0.1) is 6.58 Å².